The summed E-state index contributed by atoms with van der Waals surface area (Å²) in [7, 11) is 0.356. The minimum atomic E-state index is -0.988. The molecule has 1 fully saturated rings. The fourth-order valence-electron chi connectivity index (χ4n) is 1.42. The summed E-state index contributed by atoms with van der Waals surface area (Å²) in [5.74, 6) is -0.301. The Hall–Kier alpha value is -0.420. The lowest BCUT2D eigenvalue weighted by atomic mass is 10.3. The monoisotopic (exact) mass is 220 g/mol. The van der Waals surface area contributed by atoms with Gasteiger partial charge in [0.1, 0.15) is 0 Å². The first-order valence-corrected chi connectivity index (χ1v) is 5.96. The van der Waals surface area contributed by atoms with E-state index in [9.17, 15) is 9.00 Å². The maximum absolute atomic E-state index is 11.8. The van der Waals surface area contributed by atoms with Crippen LogP contribution < -0.4 is 0 Å². The van der Waals surface area contributed by atoms with Crippen LogP contribution >= 0.6 is 0 Å². The van der Waals surface area contributed by atoms with Gasteiger partial charge in [0, 0.05) is 22.7 Å². The third kappa shape index (κ3) is 3.06. The summed E-state index contributed by atoms with van der Waals surface area (Å²) in [6.45, 7) is 3.05. The molecule has 1 aliphatic heterocycles. The first-order chi connectivity index (χ1) is 6.65. The minimum Gasteiger partial charge on any atom is -0.469 e. The largest absolute Gasteiger partial charge is 0.469 e. The number of carbonyl (C=O) groups excluding carboxylic acids is 1. The third-order valence-corrected chi connectivity index (χ3v) is 4.28. The molecule has 0 amide bonds. The van der Waals surface area contributed by atoms with E-state index in [1.165, 1.54) is 7.11 Å². The summed E-state index contributed by atoms with van der Waals surface area (Å²) < 4.78 is 21.5. The second kappa shape index (κ2) is 5.46. The van der Waals surface area contributed by atoms with Gasteiger partial charge in [-0.15, -0.1) is 0 Å². The van der Waals surface area contributed by atoms with Crippen LogP contribution in [-0.2, 0) is 25.1 Å². The first kappa shape index (κ1) is 11.7. The lowest BCUT2D eigenvalue weighted by Crippen LogP contribution is -2.26. The zero-order valence-corrected chi connectivity index (χ0v) is 9.34. The number of hydrogen-bond donors (Lipinski definition) is 0. The van der Waals surface area contributed by atoms with Crippen LogP contribution in [0.2, 0.25) is 0 Å². The molecule has 0 aliphatic carbocycles. The number of esters is 1. The molecule has 1 heterocycles. The van der Waals surface area contributed by atoms with E-state index in [0.29, 0.717) is 13.2 Å². The Morgan fingerprint density at radius 1 is 1.71 bits per heavy atom. The van der Waals surface area contributed by atoms with E-state index in [2.05, 4.69) is 4.74 Å². The molecule has 0 saturated carbocycles. The van der Waals surface area contributed by atoms with Gasteiger partial charge >= 0.3 is 5.97 Å². The summed E-state index contributed by atoms with van der Waals surface area (Å²) in [6, 6.07) is 0. The fraction of sp³-hybridized carbons (Fsp3) is 0.889. The standard InChI is InChI=1S/C9H16O4S/c1-7(5-9(10)12-2)14(11)8-3-4-13-6-8/h7-8H,3-6H2,1-2H3. The van der Waals surface area contributed by atoms with Crippen LogP contribution in [0.1, 0.15) is 19.8 Å². The van der Waals surface area contributed by atoms with Crippen LogP contribution in [0.25, 0.3) is 0 Å². The summed E-state index contributed by atoms with van der Waals surface area (Å²) in [5, 5.41) is -0.0520. The lowest BCUT2D eigenvalue weighted by molar-refractivity contribution is -0.140. The van der Waals surface area contributed by atoms with Gasteiger partial charge in [0.2, 0.25) is 0 Å². The predicted octanol–water partition coefficient (Wildman–Crippen LogP) is 0.476. The van der Waals surface area contributed by atoms with Crippen LogP contribution in [0.3, 0.4) is 0 Å². The molecule has 0 aromatic carbocycles. The Morgan fingerprint density at radius 2 is 2.43 bits per heavy atom. The van der Waals surface area contributed by atoms with Crippen molar-refractivity contribution in [2.24, 2.45) is 0 Å². The van der Waals surface area contributed by atoms with Crippen LogP contribution in [0.5, 0.6) is 0 Å². The highest BCUT2D eigenvalue weighted by molar-refractivity contribution is 7.86. The molecule has 5 heteroatoms. The van der Waals surface area contributed by atoms with E-state index in [1.54, 1.807) is 0 Å². The van der Waals surface area contributed by atoms with Crippen LogP contribution in [0.15, 0.2) is 0 Å². The van der Waals surface area contributed by atoms with Gasteiger partial charge in [-0.3, -0.25) is 9.00 Å². The molecule has 3 unspecified atom stereocenters. The average Bonchev–Trinajstić information content (AvgIpc) is 2.69. The highest BCUT2D eigenvalue weighted by Gasteiger charge is 2.27. The molecular weight excluding hydrogens is 204 g/mol. The molecule has 1 saturated heterocycles. The van der Waals surface area contributed by atoms with Gasteiger partial charge in [0.25, 0.3) is 0 Å². The van der Waals surface area contributed by atoms with Gasteiger partial charge in [-0.2, -0.15) is 0 Å². The van der Waals surface area contributed by atoms with Gasteiger partial charge < -0.3 is 9.47 Å². The van der Waals surface area contributed by atoms with E-state index in [-0.39, 0.29) is 22.9 Å². The van der Waals surface area contributed by atoms with Crippen molar-refractivity contribution in [3.05, 3.63) is 0 Å². The predicted molar refractivity (Wildman–Crippen MR) is 53.5 cm³/mol. The first-order valence-electron chi connectivity index (χ1n) is 4.69. The number of ether oxygens (including phenoxy) is 2. The molecule has 14 heavy (non-hydrogen) atoms. The van der Waals surface area contributed by atoms with Gasteiger partial charge in [-0.25, -0.2) is 0 Å². The highest BCUT2D eigenvalue weighted by atomic mass is 32.2. The maximum atomic E-state index is 11.8. The Labute approximate surface area is 86.4 Å². The fourth-order valence-corrected chi connectivity index (χ4v) is 2.94. The molecule has 0 aromatic rings. The SMILES string of the molecule is COC(=O)CC(C)S(=O)C1CCOC1. The van der Waals surface area contributed by atoms with E-state index in [0.717, 1.165) is 6.42 Å². The van der Waals surface area contributed by atoms with Crippen molar-refractivity contribution in [3.8, 4) is 0 Å². The van der Waals surface area contributed by atoms with Crippen molar-refractivity contribution >= 4 is 16.8 Å². The smallest absolute Gasteiger partial charge is 0.306 e. The van der Waals surface area contributed by atoms with Crippen LogP contribution in [0, 0.1) is 0 Å². The molecule has 4 nitrogen and oxygen atoms in total. The Morgan fingerprint density at radius 3 is 2.93 bits per heavy atom. The number of rotatable bonds is 4. The summed E-state index contributed by atoms with van der Waals surface area (Å²) >= 11 is 0. The molecule has 82 valence electrons. The molecule has 0 radical (unpaired) electrons. The van der Waals surface area contributed by atoms with Crippen LogP contribution in [-0.4, -0.2) is 41.0 Å². The van der Waals surface area contributed by atoms with E-state index in [4.69, 9.17) is 4.74 Å². The van der Waals surface area contributed by atoms with E-state index >= 15 is 0 Å². The quantitative estimate of drug-likeness (QED) is 0.646. The Kier molecular flexibility index (Phi) is 4.54. The van der Waals surface area contributed by atoms with Crippen molar-refractivity contribution in [2.45, 2.75) is 30.3 Å². The molecule has 1 rings (SSSR count). The van der Waals surface area contributed by atoms with Gasteiger partial charge in [0.05, 0.1) is 25.4 Å². The Balaban J connectivity index is 2.39. The third-order valence-electron chi connectivity index (χ3n) is 2.29. The van der Waals surface area contributed by atoms with Gasteiger partial charge in [0.15, 0.2) is 0 Å². The summed E-state index contributed by atoms with van der Waals surface area (Å²) in [5.41, 5.74) is 0. The highest BCUT2D eigenvalue weighted by Crippen LogP contribution is 2.16. The molecule has 1 aliphatic rings. The second-order valence-corrected chi connectivity index (χ2v) is 5.53. The normalized spacial score (nSPS) is 25.7. The van der Waals surface area contributed by atoms with Gasteiger partial charge in [-0.05, 0) is 6.42 Å². The summed E-state index contributed by atoms with van der Waals surface area (Å²) in [4.78, 5) is 11.0. The molecule has 0 aromatic heterocycles. The Bertz CT molecular complexity index is 223. The minimum absolute atomic E-state index is 0.0923. The molecular formula is C9H16O4S. The molecule has 0 spiro atoms. The average molecular weight is 220 g/mol. The zero-order chi connectivity index (χ0) is 10.6. The number of methoxy groups -OCH3 is 1. The van der Waals surface area contributed by atoms with Crippen molar-refractivity contribution in [2.75, 3.05) is 20.3 Å². The maximum Gasteiger partial charge on any atom is 0.306 e. The zero-order valence-electron chi connectivity index (χ0n) is 8.52. The molecule has 3 atom stereocenters. The van der Waals surface area contributed by atoms with Crippen molar-refractivity contribution in [3.63, 3.8) is 0 Å². The summed E-state index contributed by atoms with van der Waals surface area (Å²) in [6.07, 6.45) is 1.05. The van der Waals surface area contributed by atoms with Gasteiger partial charge in [-0.1, -0.05) is 6.92 Å². The van der Waals surface area contributed by atoms with Crippen molar-refractivity contribution in [1.29, 1.82) is 0 Å². The van der Waals surface area contributed by atoms with Crippen molar-refractivity contribution in [1.82, 2.24) is 0 Å². The molecule has 0 bridgehead atoms. The van der Waals surface area contributed by atoms with E-state index in [1.807, 2.05) is 6.92 Å². The lowest BCUT2D eigenvalue weighted by Gasteiger charge is -2.13. The topological polar surface area (TPSA) is 52.6 Å². The van der Waals surface area contributed by atoms with Crippen LogP contribution in [0.4, 0.5) is 0 Å². The second-order valence-electron chi connectivity index (χ2n) is 3.41. The van der Waals surface area contributed by atoms with E-state index < -0.39 is 10.8 Å². The number of carbonyl (C=O) groups is 1. The molecule has 0 N–H and O–H groups in total. The van der Waals surface area contributed by atoms with Crippen molar-refractivity contribution < 1.29 is 18.5 Å². The number of hydrogen-bond acceptors (Lipinski definition) is 4.